The molecule has 3 nitrogen and oxygen atoms in total. The Hall–Kier alpha value is -1.16. The fourth-order valence-corrected chi connectivity index (χ4v) is 2.31. The van der Waals surface area contributed by atoms with E-state index in [9.17, 15) is 13.2 Å². The van der Waals surface area contributed by atoms with E-state index in [0.29, 0.717) is 0 Å². The van der Waals surface area contributed by atoms with E-state index in [1.54, 1.807) is 18.2 Å². The molecular formula is C11H12O3S. The van der Waals surface area contributed by atoms with Crippen LogP contribution in [0.3, 0.4) is 0 Å². The minimum Gasteiger partial charge on any atom is -0.302 e. The molecule has 0 bridgehead atoms. The highest BCUT2D eigenvalue weighted by molar-refractivity contribution is 7.90. The third kappa shape index (κ3) is 1.81. The Labute approximate surface area is 89.0 Å². The molecule has 2 rings (SSSR count). The highest BCUT2D eigenvalue weighted by Crippen LogP contribution is 2.46. The van der Waals surface area contributed by atoms with Crippen molar-refractivity contribution in [2.45, 2.75) is 23.2 Å². The van der Waals surface area contributed by atoms with Crippen LogP contribution in [0, 0.1) is 0 Å². The van der Waals surface area contributed by atoms with Gasteiger partial charge in [0.05, 0.1) is 10.3 Å². The molecule has 0 unspecified atom stereocenters. The molecule has 0 atom stereocenters. The van der Waals surface area contributed by atoms with E-state index in [1.807, 2.05) is 6.07 Å². The molecule has 1 fully saturated rings. The van der Waals surface area contributed by atoms with Gasteiger partial charge < -0.3 is 4.79 Å². The predicted molar refractivity (Wildman–Crippen MR) is 56.5 cm³/mol. The average molecular weight is 224 g/mol. The maximum absolute atomic E-state index is 11.3. The summed E-state index contributed by atoms with van der Waals surface area (Å²) in [4.78, 5) is 11.2. The van der Waals surface area contributed by atoms with Gasteiger partial charge in [0.1, 0.15) is 6.29 Å². The van der Waals surface area contributed by atoms with Crippen molar-refractivity contribution in [3.05, 3.63) is 29.8 Å². The van der Waals surface area contributed by atoms with Crippen LogP contribution in [-0.2, 0) is 20.0 Å². The minimum atomic E-state index is -3.18. The largest absolute Gasteiger partial charge is 0.302 e. The first-order valence-electron chi connectivity index (χ1n) is 4.75. The maximum atomic E-state index is 11.3. The Bertz CT molecular complexity index is 498. The van der Waals surface area contributed by atoms with Crippen molar-refractivity contribution in [1.29, 1.82) is 0 Å². The van der Waals surface area contributed by atoms with Crippen LogP contribution >= 0.6 is 0 Å². The number of rotatable bonds is 3. The molecule has 15 heavy (non-hydrogen) atoms. The van der Waals surface area contributed by atoms with Gasteiger partial charge in [-0.2, -0.15) is 0 Å². The van der Waals surface area contributed by atoms with E-state index >= 15 is 0 Å². The maximum Gasteiger partial charge on any atom is 0.175 e. The smallest absolute Gasteiger partial charge is 0.175 e. The first kappa shape index (κ1) is 10.4. The molecule has 0 heterocycles. The van der Waals surface area contributed by atoms with Gasteiger partial charge in [-0.3, -0.25) is 0 Å². The number of sulfone groups is 1. The zero-order chi connectivity index (χ0) is 11.1. The molecule has 0 amide bonds. The Kier molecular flexibility index (Phi) is 2.19. The number of carbonyl (C=O) groups is 1. The fraction of sp³-hybridized carbons (Fsp3) is 0.364. The molecule has 1 aromatic carbocycles. The van der Waals surface area contributed by atoms with Gasteiger partial charge in [0.15, 0.2) is 9.84 Å². The highest BCUT2D eigenvalue weighted by Gasteiger charge is 2.44. The Morgan fingerprint density at radius 3 is 2.47 bits per heavy atom. The van der Waals surface area contributed by atoms with E-state index in [2.05, 4.69) is 0 Å². The molecular weight excluding hydrogens is 212 g/mol. The molecule has 4 heteroatoms. The lowest BCUT2D eigenvalue weighted by molar-refractivity contribution is -0.109. The van der Waals surface area contributed by atoms with Crippen molar-refractivity contribution < 1.29 is 13.2 Å². The Morgan fingerprint density at radius 2 is 2.00 bits per heavy atom. The zero-order valence-electron chi connectivity index (χ0n) is 8.43. The number of hydrogen-bond acceptors (Lipinski definition) is 3. The van der Waals surface area contributed by atoms with Gasteiger partial charge in [-0.15, -0.1) is 0 Å². The van der Waals surface area contributed by atoms with Gasteiger partial charge >= 0.3 is 0 Å². The fourth-order valence-electron chi connectivity index (χ4n) is 1.65. The third-order valence-electron chi connectivity index (χ3n) is 2.85. The third-order valence-corrected chi connectivity index (χ3v) is 3.96. The summed E-state index contributed by atoms with van der Waals surface area (Å²) in [5.41, 5.74) is 0.418. The second kappa shape index (κ2) is 3.17. The molecule has 80 valence electrons. The van der Waals surface area contributed by atoms with Crippen molar-refractivity contribution in [3.8, 4) is 0 Å². The predicted octanol–water partition coefficient (Wildman–Crippen LogP) is 1.32. The summed E-state index contributed by atoms with van der Waals surface area (Å²) in [6.45, 7) is 0. The van der Waals surface area contributed by atoms with Crippen molar-refractivity contribution >= 4 is 16.1 Å². The standard InChI is InChI=1S/C11H12O3S/c1-15(13,14)10-4-2-3-9(7-10)11(8-12)5-6-11/h2-4,7-8H,5-6H2,1H3. The lowest BCUT2D eigenvalue weighted by Crippen LogP contribution is -2.09. The molecule has 0 radical (unpaired) electrons. The summed E-state index contributed by atoms with van der Waals surface area (Å²) >= 11 is 0. The molecule has 1 aliphatic rings. The monoisotopic (exact) mass is 224 g/mol. The lowest BCUT2D eigenvalue weighted by atomic mass is 9.98. The number of benzene rings is 1. The summed E-state index contributed by atoms with van der Waals surface area (Å²) in [6.07, 6.45) is 3.74. The van der Waals surface area contributed by atoms with Crippen LogP contribution < -0.4 is 0 Å². The molecule has 1 aliphatic carbocycles. The van der Waals surface area contributed by atoms with Crippen molar-refractivity contribution in [1.82, 2.24) is 0 Å². The molecule has 1 aromatic rings. The van der Waals surface area contributed by atoms with Crippen LogP contribution in [0.5, 0.6) is 0 Å². The van der Waals surface area contributed by atoms with Crippen LogP contribution in [-0.4, -0.2) is 21.0 Å². The molecule has 0 aliphatic heterocycles. The van der Waals surface area contributed by atoms with Crippen molar-refractivity contribution in [2.75, 3.05) is 6.26 Å². The highest BCUT2D eigenvalue weighted by atomic mass is 32.2. The van der Waals surface area contributed by atoms with Gasteiger partial charge in [0.25, 0.3) is 0 Å². The summed E-state index contributed by atoms with van der Waals surface area (Å²) in [7, 11) is -3.18. The number of hydrogen-bond donors (Lipinski definition) is 0. The molecule has 0 spiro atoms. The minimum absolute atomic E-state index is 0.285. The Morgan fingerprint density at radius 1 is 1.33 bits per heavy atom. The van der Waals surface area contributed by atoms with Gasteiger partial charge in [-0.05, 0) is 30.5 Å². The second-order valence-corrected chi connectivity index (χ2v) is 6.09. The normalized spacial score (nSPS) is 18.5. The van der Waals surface area contributed by atoms with E-state index in [4.69, 9.17) is 0 Å². The Balaban J connectivity index is 2.49. The van der Waals surface area contributed by atoms with Gasteiger partial charge in [-0.1, -0.05) is 12.1 Å². The topological polar surface area (TPSA) is 51.2 Å². The summed E-state index contributed by atoms with van der Waals surface area (Å²) in [6, 6.07) is 6.67. The molecule has 0 N–H and O–H groups in total. The van der Waals surface area contributed by atoms with Gasteiger partial charge in [0.2, 0.25) is 0 Å². The van der Waals surface area contributed by atoms with E-state index < -0.39 is 15.3 Å². The summed E-state index contributed by atoms with van der Waals surface area (Å²) in [5.74, 6) is 0. The zero-order valence-corrected chi connectivity index (χ0v) is 9.25. The molecule has 1 saturated carbocycles. The number of aldehydes is 1. The molecule has 0 saturated heterocycles. The van der Waals surface area contributed by atoms with Crippen molar-refractivity contribution in [2.24, 2.45) is 0 Å². The first-order chi connectivity index (χ1) is 6.98. The van der Waals surface area contributed by atoms with E-state index in [0.717, 1.165) is 24.7 Å². The summed E-state index contributed by atoms with van der Waals surface area (Å²) < 4.78 is 22.7. The average Bonchev–Trinajstić information content (AvgIpc) is 2.97. The summed E-state index contributed by atoms with van der Waals surface area (Å²) in [5, 5.41) is 0. The van der Waals surface area contributed by atoms with Crippen LogP contribution in [0.1, 0.15) is 18.4 Å². The van der Waals surface area contributed by atoms with E-state index in [1.165, 1.54) is 6.26 Å². The SMILES string of the molecule is CS(=O)(=O)c1cccc(C2(C=O)CC2)c1. The number of carbonyl (C=O) groups excluding carboxylic acids is 1. The van der Waals surface area contributed by atoms with Crippen LogP contribution in [0.15, 0.2) is 29.2 Å². The van der Waals surface area contributed by atoms with E-state index in [-0.39, 0.29) is 4.90 Å². The first-order valence-corrected chi connectivity index (χ1v) is 6.64. The van der Waals surface area contributed by atoms with Gasteiger partial charge in [0, 0.05) is 6.26 Å². The van der Waals surface area contributed by atoms with Gasteiger partial charge in [-0.25, -0.2) is 8.42 Å². The second-order valence-electron chi connectivity index (χ2n) is 4.07. The van der Waals surface area contributed by atoms with Crippen LogP contribution in [0.4, 0.5) is 0 Å². The molecule has 0 aromatic heterocycles. The van der Waals surface area contributed by atoms with Crippen LogP contribution in [0.25, 0.3) is 0 Å². The van der Waals surface area contributed by atoms with Crippen molar-refractivity contribution in [3.63, 3.8) is 0 Å². The lowest BCUT2D eigenvalue weighted by Gasteiger charge is -2.08. The quantitative estimate of drug-likeness (QED) is 0.728. The van der Waals surface area contributed by atoms with Crippen LogP contribution in [0.2, 0.25) is 0 Å².